The molecule has 2 nitrogen and oxygen atoms in total. The van der Waals surface area contributed by atoms with Crippen LogP contribution in [0.15, 0.2) is 0 Å². The summed E-state index contributed by atoms with van der Waals surface area (Å²) in [6, 6.07) is 1.25. The predicted molar refractivity (Wildman–Crippen MR) is 31.5 cm³/mol. The molecule has 0 saturated carbocycles. The molecule has 0 aliphatic carbocycles. The van der Waals surface area contributed by atoms with Crippen molar-refractivity contribution in [3.8, 4) is 0 Å². The fourth-order valence-corrected chi connectivity index (χ4v) is 1.29. The van der Waals surface area contributed by atoms with Crippen molar-refractivity contribution in [3.05, 3.63) is 0 Å². The second kappa shape index (κ2) is 2.46. The molecule has 2 atom stereocenters. The summed E-state index contributed by atoms with van der Waals surface area (Å²) in [5, 5.41) is 10.9. The third-order valence-electron chi connectivity index (χ3n) is 1.83. The Bertz CT molecular complexity index is 74.9. The number of nitrogens with two attached hydrogens (primary N) is 1. The molecule has 0 bridgehead atoms. The Morgan fingerprint density at radius 1 is 1.62 bits per heavy atom. The van der Waals surface area contributed by atoms with Crippen LogP contribution in [0.4, 0.5) is 0 Å². The summed E-state index contributed by atoms with van der Waals surface area (Å²) >= 11 is 0. The molecule has 1 fully saturated rings. The average molecular weight is 116 g/mol. The fraction of sp³-hybridized carbons (Fsp3) is 1.00. The van der Waals surface area contributed by atoms with Gasteiger partial charge in [-0.1, -0.05) is 0 Å². The number of hydrogen-bond acceptors (Lipinski definition) is 1. The van der Waals surface area contributed by atoms with Crippen molar-refractivity contribution in [1.29, 1.82) is 0 Å². The molecule has 1 rings (SSSR count). The Morgan fingerprint density at radius 2 is 2.38 bits per heavy atom. The fourth-order valence-electron chi connectivity index (χ4n) is 1.29. The highest BCUT2D eigenvalue weighted by Gasteiger charge is 2.22. The van der Waals surface area contributed by atoms with Crippen molar-refractivity contribution in [2.24, 2.45) is 0 Å². The molecule has 2 heteroatoms. The molecule has 8 heavy (non-hydrogen) atoms. The van der Waals surface area contributed by atoms with Crippen LogP contribution in [-0.4, -0.2) is 23.8 Å². The Labute approximate surface area is 49.9 Å². The Hall–Kier alpha value is -0.0800. The molecule has 0 spiro atoms. The molecule has 1 aliphatic heterocycles. The first kappa shape index (κ1) is 6.05. The Balaban J connectivity index is 2.22. The van der Waals surface area contributed by atoms with E-state index in [0.717, 1.165) is 6.04 Å². The number of aliphatic hydroxyl groups excluding tert-OH is 1. The molecule has 3 N–H and O–H groups in total. The average Bonchev–Trinajstić information content (AvgIpc) is 2.14. The first-order valence-corrected chi connectivity index (χ1v) is 3.28. The van der Waals surface area contributed by atoms with Crippen LogP contribution < -0.4 is 5.32 Å². The maximum atomic E-state index is 8.65. The van der Waals surface area contributed by atoms with Crippen molar-refractivity contribution in [3.63, 3.8) is 0 Å². The third kappa shape index (κ3) is 1.20. The minimum atomic E-state index is 0.352. The largest absolute Gasteiger partial charge is 0.390 e. The van der Waals surface area contributed by atoms with Crippen LogP contribution in [-0.2, 0) is 0 Å². The van der Waals surface area contributed by atoms with E-state index in [0.29, 0.717) is 12.6 Å². The van der Waals surface area contributed by atoms with Crippen LogP contribution in [0.5, 0.6) is 0 Å². The maximum Gasteiger partial charge on any atom is 0.110 e. The van der Waals surface area contributed by atoms with Gasteiger partial charge in [-0.2, -0.15) is 0 Å². The van der Waals surface area contributed by atoms with E-state index in [-0.39, 0.29) is 0 Å². The van der Waals surface area contributed by atoms with Gasteiger partial charge in [0, 0.05) is 12.8 Å². The van der Waals surface area contributed by atoms with Crippen LogP contribution in [0.25, 0.3) is 0 Å². The lowest BCUT2D eigenvalue weighted by Gasteiger charge is -2.02. The molecule has 0 radical (unpaired) electrons. The minimum Gasteiger partial charge on any atom is -0.390 e. The van der Waals surface area contributed by atoms with Crippen LogP contribution in [0.3, 0.4) is 0 Å². The van der Waals surface area contributed by atoms with Gasteiger partial charge in [-0.3, -0.25) is 0 Å². The SMILES string of the molecule is C[C@H]1CC[C@H](CO)[NH2+]1. The summed E-state index contributed by atoms with van der Waals surface area (Å²) in [5.74, 6) is 0. The van der Waals surface area contributed by atoms with E-state index >= 15 is 0 Å². The zero-order valence-corrected chi connectivity index (χ0v) is 5.30. The summed E-state index contributed by atoms with van der Waals surface area (Å²) in [6.07, 6.45) is 2.46. The van der Waals surface area contributed by atoms with Gasteiger partial charge in [-0.05, 0) is 6.92 Å². The zero-order valence-electron chi connectivity index (χ0n) is 5.30. The molecule has 0 amide bonds. The van der Waals surface area contributed by atoms with Gasteiger partial charge in [-0.25, -0.2) is 0 Å². The monoisotopic (exact) mass is 116 g/mol. The van der Waals surface area contributed by atoms with E-state index in [2.05, 4.69) is 12.2 Å². The molecule has 1 heterocycles. The molecule has 0 aromatic heterocycles. The van der Waals surface area contributed by atoms with E-state index in [1.54, 1.807) is 0 Å². The summed E-state index contributed by atoms with van der Waals surface area (Å²) in [5.41, 5.74) is 0. The maximum absolute atomic E-state index is 8.65. The summed E-state index contributed by atoms with van der Waals surface area (Å²) < 4.78 is 0. The van der Waals surface area contributed by atoms with Crippen molar-refractivity contribution < 1.29 is 10.4 Å². The van der Waals surface area contributed by atoms with Crippen LogP contribution >= 0.6 is 0 Å². The quantitative estimate of drug-likeness (QED) is 0.457. The lowest BCUT2D eigenvalue weighted by Crippen LogP contribution is -2.91. The van der Waals surface area contributed by atoms with Gasteiger partial charge in [0.1, 0.15) is 6.04 Å². The van der Waals surface area contributed by atoms with Crippen molar-refractivity contribution >= 4 is 0 Å². The van der Waals surface area contributed by atoms with Gasteiger partial charge < -0.3 is 10.4 Å². The molecule has 1 saturated heterocycles. The van der Waals surface area contributed by atoms with E-state index < -0.39 is 0 Å². The minimum absolute atomic E-state index is 0.352. The molecule has 0 aromatic rings. The second-order valence-corrected chi connectivity index (χ2v) is 2.69. The van der Waals surface area contributed by atoms with Crippen LogP contribution in [0, 0.1) is 0 Å². The van der Waals surface area contributed by atoms with E-state index in [9.17, 15) is 0 Å². The first-order valence-electron chi connectivity index (χ1n) is 3.28. The third-order valence-corrected chi connectivity index (χ3v) is 1.83. The lowest BCUT2D eigenvalue weighted by atomic mass is 10.2. The summed E-state index contributed by atoms with van der Waals surface area (Å²) in [7, 11) is 0. The number of hydrogen-bond donors (Lipinski definition) is 2. The van der Waals surface area contributed by atoms with E-state index in [1.165, 1.54) is 12.8 Å². The Morgan fingerprint density at radius 3 is 2.62 bits per heavy atom. The number of rotatable bonds is 1. The summed E-state index contributed by atoms with van der Waals surface area (Å²) in [6.45, 7) is 2.56. The molecule has 48 valence electrons. The summed E-state index contributed by atoms with van der Waals surface area (Å²) in [4.78, 5) is 0. The molecular formula is C6H14NO+. The Kier molecular flexibility index (Phi) is 1.86. The standard InChI is InChI=1S/C6H13NO/c1-5-2-3-6(4-8)7-5/h5-8H,2-4H2,1H3/p+1/t5-,6+/m0/s1. The predicted octanol–water partition coefficient (Wildman–Crippen LogP) is -0.907. The first-order chi connectivity index (χ1) is 3.83. The van der Waals surface area contributed by atoms with Crippen LogP contribution in [0.1, 0.15) is 19.8 Å². The highest BCUT2D eigenvalue weighted by atomic mass is 16.3. The molecular weight excluding hydrogens is 102 g/mol. The van der Waals surface area contributed by atoms with E-state index in [4.69, 9.17) is 5.11 Å². The zero-order chi connectivity index (χ0) is 5.98. The molecule has 1 aliphatic rings. The van der Waals surface area contributed by atoms with Crippen molar-refractivity contribution in [1.82, 2.24) is 0 Å². The van der Waals surface area contributed by atoms with E-state index in [1.807, 2.05) is 0 Å². The molecule has 0 aromatic carbocycles. The normalized spacial score (nSPS) is 38.2. The van der Waals surface area contributed by atoms with Gasteiger partial charge in [0.15, 0.2) is 0 Å². The van der Waals surface area contributed by atoms with Crippen molar-refractivity contribution in [2.75, 3.05) is 6.61 Å². The van der Waals surface area contributed by atoms with Crippen molar-refractivity contribution in [2.45, 2.75) is 31.8 Å². The lowest BCUT2D eigenvalue weighted by molar-refractivity contribution is -0.699. The molecule has 0 unspecified atom stereocenters. The van der Waals surface area contributed by atoms with Gasteiger partial charge in [0.05, 0.1) is 12.6 Å². The smallest absolute Gasteiger partial charge is 0.110 e. The number of quaternary nitrogens is 1. The highest BCUT2D eigenvalue weighted by Crippen LogP contribution is 2.01. The topological polar surface area (TPSA) is 36.8 Å². The van der Waals surface area contributed by atoms with Gasteiger partial charge in [0.25, 0.3) is 0 Å². The second-order valence-electron chi connectivity index (χ2n) is 2.69. The van der Waals surface area contributed by atoms with Crippen LogP contribution in [0.2, 0.25) is 0 Å². The van der Waals surface area contributed by atoms with Gasteiger partial charge in [0.2, 0.25) is 0 Å². The highest BCUT2D eigenvalue weighted by molar-refractivity contribution is 4.62. The number of aliphatic hydroxyl groups is 1. The van der Waals surface area contributed by atoms with Gasteiger partial charge in [-0.15, -0.1) is 0 Å². The van der Waals surface area contributed by atoms with Gasteiger partial charge >= 0.3 is 0 Å².